The SMILES string of the molecule is C/C(=N\OS(=O)(=O)c1ccccc1)c1ccncc1C#N. The Morgan fingerprint density at radius 1 is 1.29 bits per heavy atom. The number of oxime groups is 1. The second-order valence-corrected chi connectivity index (χ2v) is 5.58. The number of aromatic nitrogens is 1. The van der Waals surface area contributed by atoms with Crippen LogP contribution in [0.1, 0.15) is 18.1 Å². The van der Waals surface area contributed by atoms with Crippen LogP contribution in [0.2, 0.25) is 0 Å². The molecule has 0 aliphatic heterocycles. The van der Waals surface area contributed by atoms with Crippen LogP contribution in [0.4, 0.5) is 0 Å². The lowest BCUT2D eigenvalue weighted by Crippen LogP contribution is -2.06. The van der Waals surface area contributed by atoms with Crippen LogP contribution in [0.5, 0.6) is 0 Å². The molecule has 6 nitrogen and oxygen atoms in total. The molecule has 1 aromatic carbocycles. The monoisotopic (exact) mass is 301 g/mol. The van der Waals surface area contributed by atoms with E-state index in [1.807, 2.05) is 6.07 Å². The Balaban J connectivity index is 2.27. The van der Waals surface area contributed by atoms with E-state index in [1.54, 1.807) is 31.2 Å². The van der Waals surface area contributed by atoms with Gasteiger partial charge in [0.25, 0.3) is 0 Å². The molecule has 0 N–H and O–H groups in total. The molecule has 0 bridgehead atoms. The van der Waals surface area contributed by atoms with Gasteiger partial charge in [0.15, 0.2) is 0 Å². The normalized spacial score (nSPS) is 11.7. The van der Waals surface area contributed by atoms with E-state index in [2.05, 4.69) is 14.4 Å². The van der Waals surface area contributed by atoms with Crippen molar-refractivity contribution in [2.75, 3.05) is 0 Å². The number of nitrogens with zero attached hydrogens (tertiary/aromatic N) is 3. The first-order valence-corrected chi connectivity index (χ1v) is 7.33. The van der Waals surface area contributed by atoms with Gasteiger partial charge < -0.3 is 0 Å². The zero-order chi connectivity index (χ0) is 15.3. The molecule has 106 valence electrons. The maximum atomic E-state index is 11.9. The van der Waals surface area contributed by atoms with Gasteiger partial charge in [-0.15, -0.1) is 0 Å². The molecule has 0 amide bonds. The van der Waals surface area contributed by atoms with Crippen molar-refractivity contribution in [1.29, 1.82) is 5.26 Å². The highest BCUT2D eigenvalue weighted by atomic mass is 32.2. The first kappa shape index (κ1) is 14.7. The Morgan fingerprint density at radius 3 is 2.67 bits per heavy atom. The zero-order valence-electron chi connectivity index (χ0n) is 11.1. The lowest BCUT2D eigenvalue weighted by atomic mass is 10.1. The van der Waals surface area contributed by atoms with E-state index in [0.717, 1.165) is 0 Å². The minimum Gasteiger partial charge on any atom is -0.265 e. The van der Waals surface area contributed by atoms with Crippen LogP contribution in [0.25, 0.3) is 0 Å². The number of rotatable bonds is 4. The van der Waals surface area contributed by atoms with Gasteiger partial charge in [-0.05, 0) is 25.1 Å². The summed E-state index contributed by atoms with van der Waals surface area (Å²) < 4.78 is 28.5. The molecule has 0 fully saturated rings. The van der Waals surface area contributed by atoms with Crippen LogP contribution >= 0.6 is 0 Å². The summed E-state index contributed by atoms with van der Waals surface area (Å²) in [6.07, 6.45) is 2.86. The quantitative estimate of drug-likeness (QED) is 0.636. The summed E-state index contributed by atoms with van der Waals surface area (Å²) in [5.41, 5.74) is 1.03. The van der Waals surface area contributed by atoms with E-state index in [9.17, 15) is 8.42 Å². The summed E-state index contributed by atoms with van der Waals surface area (Å²) >= 11 is 0. The van der Waals surface area contributed by atoms with Gasteiger partial charge >= 0.3 is 10.1 Å². The first-order valence-electron chi connectivity index (χ1n) is 5.92. The van der Waals surface area contributed by atoms with E-state index in [4.69, 9.17) is 5.26 Å². The smallest absolute Gasteiger partial charge is 0.265 e. The van der Waals surface area contributed by atoms with E-state index in [-0.39, 0.29) is 10.6 Å². The third kappa shape index (κ3) is 3.43. The summed E-state index contributed by atoms with van der Waals surface area (Å²) in [4.78, 5) is 3.83. The highest BCUT2D eigenvalue weighted by molar-refractivity contribution is 7.86. The van der Waals surface area contributed by atoms with Gasteiger partial charge in [-0.1, -0.05) is 23.4 Å². The van der Waals surface area contributed by atoms with Crippen molar-refractivity contribution in [3.8, 4) is 6.07 Å². The standard InChI is InChI=1S/C14H11N3O3S/c1-11(14-7-8-16-10-12(14)9-15)17-20-21(18,19)13-5-3-2-4-6-13/h2-8,10H,1H3/b17-11+. The summed E-state index contributed by atoms with van der Waals surface area (Å²) in [6, 6.07) is 11.2. The number of hydrogen-bond donors (Lipinski definition) is 0. The number of hydrogen-bond acceptors (Lipinski definition) is 6. The second kappa shape index (κ2) is 6.15. The molecule has 21 heavy (non-hydrogen) atoms. The van der Waals surface area contributed by atoms with Gasteiger partial charge in [-0.2, -0.15) is 13.7 Å². The molecule has 0 spiro atoms. The molecule has 1 aromatic heterocycles. The van der Waals surface area contributed by atoms with Crippen LogP contribution in [-0.2, 0) is 14.4 Å². The largest absolute Gasteiger partial charge is 0.358 e. The molecule has 2 aromatic rings. The Labute approximate surface area is 122 Å². The Bertz CT molecular complexity index is 809. The van der Waals surface area contributed by atoms with E-state index >= 15 is 0 Å². The second-order valence-electron chi connectivity index (χ2n) is 4.05. The highest BCUT2D eigenvalue weighted by Gasteiger charge is 2.15. The van der Waals surface area contributed by atoms with Crippen molar-refractivity contribution in [3.63, 3.8) is 0 Å². The molecule has 1 heterocycles. The van der Waals surface area contributed by atoms with Crippen LogP contribution in [0, 0.1) is 11.3 Å². The molecule has 0 radical (unpaired) electrons. The third-order valence-electron chi connectivity index (χ3n) is 2.64. The van der Waals surface area contributed by atoms with Gasteiger partial charge in [0, 0.05) is 18.0 Å². The Kier molecular flexibility index (Phi) is 4.30. The summed E-state index contributed by atoms with van der Waals surface area (Å²) in [5.74, 6) is 0. The summed E-state index contributed by atoms with van der Waals surface area (Å²) in [6.45, 7) is 1.55. The van der Waals surface area contributed by atoms with Gasteiger partial charge in [0.1, 0.15) is 11.0 Å². The Hall–Kier alpha value is -2.72. The van der Waals surface area contributed by atoms with Crippen LogP contribution < -0.4 is 0 Å². The summed E-state index contributed by atoms with van der Waals surface area (Å²) in [5, 5.41) is 12.6. The van der Waals surface area contributed by atoms with E-state index < -0.39 is 10.1 Å². The molecule has 0 atom stereocenters. The molecule has 7 heteroatoms. The minimum atomic E-state index is -3.97. The first-order chi connectivity index (χ1) is 10.0. The van der Waals surface area contributed by atoms with Gasteiger partial charge in [0.2, 0.25) is 0 Å². The summed E-state index contributed by atoms with van der Waals surface area (Å²) in [7, 11) is -3.97. The van der Waals surface area contributed by atoms with Crippen molar-refractivity contribution in [1.82, 2.24) is 4.98 Å². The molecule has 0 saturated carbocycles. The molecule has 0 saturated heterocycles. The maximum absolute atomic E-state index is 11.9. The topological polar surface area (TPSA) is 92.4 Å². The fourth-order valence-electron chi connectivity index (χ4n) is 1.58. The van der Waals surface area contributed by atoms with Crippen LogP contribution in [-0.4, -0.2) is 19.1 Å². The van der Waals surface area contributed by atoms with Gasteiger partial charge in [-0.3, -0.25) is 9.27 Å². The van der Waals surface area contributed by atoms with Crippen molar-refractivity contribution in [3.05, 3.63) is 59.9 Å². The molecule has 0 aliphatic carbocycles. The lowest BCUT2D eigenvalue weighted by molar-refractivity contribution is 0.339. The maximum Gasteiger partial charge on any atom is 0.358 e. The third-order valence-corrected chi connectivity index (χ3v) is 3.76. The Morgan fingerprint density at radius 2 is 2.00 bits per heavy atom. The van der Waals surface area contributed by atoms with Gasteiger partial charge in [0.05, 0.1) is 11.3 Å². The highest BCUT2D eigenvalue weighted by Crippen LogP contribution is 2.13. The average Bonchev–Trinajstić information content (AvgIpc) is 2.53. The number of pyridine rings is 1. The lowest BCUT2D eigenvalue weighted by Gasteiger charge is -2.04. The number of benzene rings is 1. The molecule has 0 unspecified atom stereocenters. The zero-order valence-corrected chi connectivity index (χ0v) is 11.9. The molecular formula is C14H11N3O3S. The van der Waals surface area contributed by atoms with Crippen LogP contribution in [0.3, 0.4) is 0 Å². The van der Waals surface area contributed by atoms with Crippen molar-refractivity contribution < 1.29 is 12.7 Å². The predicted molar refractivity (Wildman–Crippen MR) is 75.9 cm³/mol. The average molecular weight is 301 g/mol. The van der Waals surface area contributed by atoms with E-state index in [0.29, 0.717) is 11.1 Å². The van der Waals surface area contributed by atoms with Crippen molar-refractivity contribution >= 4 is 15.8 Å². The fourth-order valence-corrected chi connectivity index (χ4v) is 2.37. The molecular weight excluding hydrogens is 290 g/mol. The number of nitriles is 1. The van der Waals surface area contributed by atoms with Gasteiger partial charge in [-0.25, -0.2) is 0 Å². The fraction of sp³-hybridized carbons (Fsp3) is 0.0714. The molecule has 2 rings (SSSR count). The van der Waals surface area contributed by atoms with E-state index in [1.165, 1.54) is 24.5 Å². The van der Waals surface area contributed by atoms with Crippen molar-refractivity contribution in [2.24, 2.45) is 5.16 Å². The molecule has 0 aliphatic rings. The minimum absolute atomic E-state index is 0.0109. The van der Waals surface area contributed by atoms with Crippen molar-refractivity contribution in [2.45, 2.75) is 11.8 Å². The van der Waals surface area contributed by atoms with Crippen LogP contribution in [0.15, 0.2) is 58.8 Å². The predicted octanol–water partition coefficient (Wildman–Crippen LogP) is 2.08.